The zero-order valence-electron chi connectivity index (χ0n) is 10.5. The minimum Gasteiger partial charge on any atom is -0.382 e. The Kier molecular flexibility index (Phi) is 4.25. The molecule has 2 N–H and O–H groups in total. The van der Waals surface area contributed by atoms with Crippen LogP contribution in [0.1, 0.15) is 12.7 Å². The topological polar surface area (TPSA) is 74.2 Å². The maximum absolute atomic E-state index is 6.05. The van der Waals surface area contributed by atoms with E-state index in [0.29, 0.717) is 23.3 Å². The first kappa shape index (κ1) is 14.5. The minimum atomic E-state index is -0.796. The molecule has 19 heavy (non-hydrogen) atoms. The molecular formula is C12H13BrClN3O2. The summed E-state index contributed by atoms with van der Waals surface area (Å²) in [6, 6.07) is 5.39. The molecule has 0 aliphatic rings. The second kappa shape index (κ2) is 5.58. The van der Waals surface area contributed by atoms with Gasteiger partial charge in [0.2, 0.25) is 0 Å². The Morgan fingerprint density at radius 1 is 1.53 bits per heavy atom. The number of nitrogens with two attached hydrogens (primary N) is 1. The van der Waals surface area contributed by atoms with Gasteiger partial charge in [0.25, 0.3) is 5.89 Å². The van der Waals surface area contributed by atoms with Crippen LogP contribution in [-0.4, -0.2) is 23.9 Å². The number of benzene rings is 1. The smallest absolute Gasteiger partial charge is 0.258 e. The molecule has 1 aromatic heterocycles. The third-order valence-electron chi connectivity index (χ3n) is 2.55. The molecule has 0 spiro atoms. The lowest BCUT2D eigenvalue weighted by Crippen LogP contribution is -2.38. The number of ether oxygens (including phenoxy) is 1. The van der Waals surface area contributed by atoms with Gasteiger partial charge in [-0.05, 0) is 41.1 Å². The molecule has 1 atom stereocenters. The predicted octanol–water partition coefficient (Wildman–Crippen LogP) is 2.97. The van der Waals surface area contributed by atoms with Crippen molar-refractivity contribution in [3.05, 3.63) is 33.5 Å². The summed E-state index contributed by atoms with van der Waals surface area (Å²) < 4.78 is 11.1. The van der Waals surface area contributed by atoms with Gasteiger partial charge < -0.3 is 15.0 Å². The number of rotatable bonds is 4. The van der Waals surface area contributed by atoms with Crippen LogP contribution < -0.4 is 5.73 Å². The van der Waals surface area contributed by atoms with E-state index >= 15 is 0 Å². The van der Waals surface area contributed by atoms with Gasteiger partial charge in [-0.3, -0.25) is 0 Å². The SMILES string of the molecule is COCC(C)(N)c1noc(-c2ccc(Br)c(Cl)c2)n1. The lowest BCUT2D eigenvalue weighted by atomic mass is 10.1. The van der Waals surface area contributed by atoms with Gasteiger partial charge in [-0.15, -0.1) is 0 Å². The van der Waals surface area contributed by atoms with Crippen LogP contribution >= 0.6 is 27.5 Å². The average Bonchev–Trinajstić information content (AvgIpc) is 2.83. The summed E-state index contributed by atoms with van der Waals surface area (Å²) in [7, 11) is 1.57. The maximum Gasteiger partial charge on any atom is 0.258 e. The van der Waals surface area contributed by atoms with Crippen LogP contribution in [0.3, 0.4) is 0 Å². The largest absolute Gasteiger partial charge is 0.382 e. The molecule has 0 saturated carbocycles. The first-order valence-electron chi connectivity index (χ1n) is 5.51. The Morgan fingerprint density at radius 3 is 2.89 bits per heavy atom. The van der Waals surface area contributed by atoms with Crippen molar-refractivity contribution in [1.82, 2.24) is 10.1 Å². The van der Waals surface area contributed by atoms with Crippen molar-refractivity contribution in [1.29, 1.82) is 0 Å². The van der Waals surface area contributed by atoms with E-state index in [1.165, 1.54) is 0 Å². The van der Waals surface area contributed by atoms with Crippen molar-refractivity contribution in [3.8, 4) is 11.5 Å². The molecule has 0 saturated heterocycles. The number of aromatic nitrogens is 2. The highest BCUT2D eigenvalue weighted by molar-refractivity contribution is 9.10. The van der Waals surface area contributed by atoms with Gasteiger partial charge >= 0.3 is 0 Å². The molecule has 5 nitrogen and oxygen atoms in total. The zero-order valence-corrected chi connectivity index (χ0v) is 12.8. The predicted molar refractivity (Wildman–Crippen MR) is 75.9 cm³/mol. The number of methoxy groups -OCH3 is 1. The summed E-state index contributed by atoms with van der Waals surface area (Å²) in [4.78, 5) is 4.28. The Morgan fingerprint density at radius 2 is 2.26 bits per heavy atom. The fraction of sp³-hybridized carbons (Fsp3) is 0.333. The van der Waals surface area contributed by atoms with E-state index in [9.17, 15) is 0 Å². The van der Waals surface area contributed by atoms with Gasteiger partial charge in [-0.1, -0.05) is 16.8 Å². The van der Waals surface area contributed by atoms with Crippen molar-refractivity contribution < 1.29 is 9.26 Å². The van der Waals surface area contributed by atoms with Gasteiger partial charge in [0.1, 0.15) is 5.54 Å². The Balaban J connectivity index is 2.33. The molecule has 102 valence electrons. The van der Waals surface area contributed by atoms with Crippen LogP contribution in [0.4, 0.5) is 0 Å². The fourth-order valence-corrected chi connectivity index (χ4v) is 1.99. The van der Waals surface area contributed by atoms with Crippen LogP contribution in [0.2, 0.25) is 5.02 Å². The van der Waals surface area contributed by atoms with Crippen LogP contribution in [-0.2, 0) is 10.3 Å². The van der Waals surface area contributed by atoms with E-state index in [1.54, 1.807) is 20.1 Å². The third-order valence-corrected chi connectivity index (χ3v) is 3.78. The third kappa shape index (κ3) is 3.14. The first-order chi connectivity index (χ1) is 8.94. The Bertz CT molecular complexity index is 586. The quantitative estimate of drug-likeness (QED) is 0.921. The van der Waals surface area contributed by atoms with E-state index < -0.39 is 5.54 Å². The molecule has 0 amide bonds. The summed E-state index contributed by atoms with van der Waals surface area (Å²) in [6.07, 6.45) is 0. The van der Waals surface area contributed by atoms with Crippen molar-refractivity contribution in [2.45, 2.75) is 12.5 Å². The van der Waals surface area contributed by atoms with E-state index in [4.69, 9.17) is 26.6 Å². The monoisotopic (exact) mass is 345 g/mol. The number of halogens is 2. The highest BCUT2D eigenvalue weighted by atomic mass is 79.9. The molecule has 7 heteroatoms. The Hall–Kier alpha value is -0.950. The van der Waals surface area contributed by atoms with Crippen molar-refractivity contribution in [2.24, 2.45) is 5.73 Å². The molecule has 1 heterocycles. The molecule has 0 radical (unpaired) electrons. The van der Waals surface area contributed by atoms with Crippen LogP contribution in [0.15, 0.2) is 27.2 Å². The number of nitrogens with zero attached hydrogens (tertiary/aromatic N) is 2. The molecule has 0 fully saturated rings. The lowest BCUT2D eigenvalue weighted by Gasteiger charge is -2.18. The van der Waals surface area contributed by atoms with Gasteiger partial charge in [-0.2, -0.15) is 4.98 Å². The zero-order chi connectivity index (χ0) is 14.0. The molecule has 0 bridgehead atoms. The highest BCUT2D eigenvalue weighted by Crippen LogP contribution is 2.28. The van der Waals surface area contributed by atoms with Crippen molar-refractivity contribution in [3.63, 3.8) is 0 Å². The molecular weight excluding hydrogens is 334 g/mol. The summed E-state index contributed by atoms with van der Waals surface area (Å²) in [5.74, 6) is 0.764. The second-order valence-corrected chi connectivity index (χ2v) is 5.66. The number of hydrogen-bond acceptors (Lipinski definition) is 5. The van der Waals surface area contributed by atoms with Gasteiger partial charge in [0.15, 0.2) is 5.82 Å². The summed E-state index contributed by atoms with van der Waals surface area (Å²) in [6.45, 7) is 2.08. The molecule has 0 aliphatic carbocycles. The molecule has 2 aromatic rings. The minimum absolute atomic E-state index is 0.299. The highest BCUT2D eigenvalue weighted by Gasteiger charge is 2.27. The maximum atomic E-state index is 6.05. The second-order valence-electron chi connectivity index (χ2n) is 4.40. The van der Waals surface area contributed by atoms with Gasteiger partial charge in [0.05, 0.1) is 11.6 Å². The van der Waals surface area contributed by atoms with Gasteiger partial charge in [0, 0.05) is 17.1 Å². The van der Waals surface area contributed by atoms with E-state index in [0.717, 1.165) is 10.0 Å². The van der Waals surface area contributed by atoms with Gasteiger partial charge in [-0.25, -0.2) is 0 Å². The average molecular weight is 347 g/mol. The Labute approximate surface area is 124 Å². The van der Waals surface area contributed by atoms with E-state index in [-0.39, 0.29) is 0 Å². The molecule has 1 aromatic carbocycles. The summed E-state index contributed by atoms with van der Waals surface area (Å²) in [5.41, 5.74) is 5.99. The van der Waals surface area contributed by atoms with Crippen LogP contribution in [0, 0.1) is 0 Å². The normalized spacial score (nSPS) is 14.4. The summed E-state index contributed by atoms with van der Waals surface area (Å²) in [5, 5.41) is 4.46. The number of hydrogen-bond donors (Lipinski definition) is 1. The molecule has 1 unspecified atom stereocenters. The van der Waals surface area contributed by atoms with Crippen LogP contribution in [0.5, 0.6) is 0 Å². The van der Waals surface area contributed by atoms with E-state index in [1.807, 2.05) is 12.1 Å². The lowest BCUT2D eigenvalue weighted by molar-refractivity contribution is 0.135. The first-order valence-corrected chi connectivity index (χ1v) is 6.68. The molecule has 0 aliphatic heterocycles. The van der Waals surface area contributed by atoms with Crippen molar-refractivity contribution in [2.75, 3.05) is 13.7 Å². The summed E-state index contributed by atoms with van der Waals surface area (Å²) >= 11 is 9.35. The van der Waals surface area contributed by atoms with Crippen molar-refractivity contribution >= 4 is 27.5 Å². The van der Waals surface area contributed by atoms with E-state index in [2.05, 4.69) is 26.1 Å². The molecule has 2 rings (SSSR count). The van der Waals surface area contributed by atoms with Crippen LogP contribution in [0.25, 0.3) is 11.5 Å². The fourth-order valence-electron chi connectivity index (χ4n) is 1.57. The standard InChI is InChI=1S/C12H13BrClN3O2/c1-12(15,6-18-2)11-16-10(19-17-11)7-3-4-8(13)9(14)5-7/h3-5H,6,15H2,1-2H3.